The van der Waals surface area contributed by atoms with Crippen LogP contribution >= 0.6 is 23.2 Å². The van der Waals surface area contributed by atoms with E-state index in [0.717, 1.165) is 29.7 Å². The molecule has 0 unspecified atom stereocenters. The fourth-order valence-electron chi connectivity index (χ4n) is 4.13. The van der Waals surface area contributed by atoms with Crippen LogP contribution in [0.4, 0.5) is 17.6 Å². The summed E-state index contributed by atoms with van der Waals surface area (Å²) in [6.07, 6.45) is -2.32. The normalized spacial score (nSPS) is 14.9. The Morgan fingerprint density at radius 2 is 1.51 bits per heavy atom. The second-order valence-corrected chi connectivity index (χ2v) is 9.72. The first-order valence-corrected chi connectivity index (χ1v) is 12.0. The number of hydrogen-bond acceptors (Lipinski definition) is 1. The Labute approximate surface area is 211 Å². The van der Waals surface area contributed by atoms with Gasteiger partial charge in [-0.05, 0) is 72.7 Å². The van der Waals surface area contributed by atoms with Crippen molar-refractivity contribution in [3.05, 3.63) is 105 Å². The Kier molecular flexibility index (Phi) is 7.43. The second kappa shape index (κ2) is 10.2. The van der Waals surface area contributed by atoms with E-state index in [0.29, 0.717) is 29.8 Å². The van der Waals surface area contributed by atoms with Crippen molar-refractivity contribution in [3.63, 3.8) is 0 Å². The molecule has 1 fully saturated rings. The van der Waals surface area contributed by atoms with Gasteiger partial charge in [-0.15, -0.1) is 0 Å². The van der Waals surface area contributed by atoms with Crippen LogP contribution in [-0.4, -0.2) is 17.4 Å². The number of amides is 1. The van der Waals surface area contributed by atoms with Crippen molar-refractivity contribution in [2.45, 2.75) is 44.1 Å². The van der Waals surface area contributed by atoms with Gasteiger partial charge >= 0.3 is 6.18 Å². The highest BCUT2D eigenvalue weighted by molar-refractivity contribution is 6.31. The number of carbonyl (C=O) groups is 1. The van der Waals surface area contributed by atoms with E-state index < -0.39 is 23.3 Å². The fourth-order valence-corrected chi connectivity index (χ4v) is 4.49. The summed E-state index contributed by atoms with van der Waals surface area (Å²) in [5, 5.41) is 0.413. The number of alkyl halides is 4. The largest absolute Gasteiger partial charge is 0.416 e. The van der Waals surface area contributed by atoms with Crippen LogP contribution < -0.4 is 0 Å². The third-order valence-corrected chi connectivity index (χ3v) is 6.80. The smallest absolute Gasteiger partial charge is 0.334 e. The van der Waals surface area contributed by atoms with Gasteiger partial charge in [0.05, 0.1) is 5.56 Å². The zero-order chi connectivity index (χ0) is 25.2. The first-order valence-electron chi connectivity index (χ1n) is 11.2. The van der Waals surface area contributed by atoms with E-state index in [1.165, 1.54) is 11.0 Å². The van der Waals surface area contributed by atoms with Gasteiger partial charge in [-0.1, -0.05) is 59.6 Å². The minimum absolute atomic E-state index is 0.144. The number of rotatable bonds is 7. The molecule has 8 heteroatoms. The van der Waals surface area contributed by atoms with Gasteiger partial charge in [0.15, 0.2) is 0 Å². The molecule has 0 radical (unpaired) electrons. The maximum absolute atomic E-state index is 14.7. The molecule has 0 saturated heterocycles. The molecule has 35 heavy (non-hydrogen) atoms. The number of hydrogen-bond donors (Lipinski definition) is 0. The molecule has 2 nitrogen and oxygen atoms in total. The van der Waals surface area contributed by atoms with Crippen LogP contribution in [0.25, 0.3) is 0 Å². The fraction of sp³-hybridized carbons (Fsp3) is 0.296. The predicted molar refractivity (Wildman–Crippen MR) is 129 cm³/mol. The summed E-state index contributed by atoms with van der Waals surface area (Å²) in [4.78, 5) is 14.8. The van der Waals surface area contributed by atoms with E-state index in [4.69, 9.17) is 23.2 Å². The van der Waals surface area contributed by atoms with Crippen molar-refractivity contribution in [1.29, 1.82) is 0 Å². The molecule has 1 aliphatic rings. The molecular weight excluding hydrogens is 501 g/mol. The van der Waals surface area contributed by atoms with Crippen LogP contribution in [0.2, 0.25) is 10.0 Å². The Bertz CT molecular complexity index is 1190. The van der Waals surface area contributed by atoms with E-state index in [2.05, 4.69) is 0 Å². The lowest BCUT2D eigenvalue weighted by Gasteiger charge is -2.34. The average molecular weight is 524 g/mol. The van der Waals surface area contributed by atoms with Gasteiger partial charge in [0.2, 0.25) is 0 Å². The summed E-state index contributed by atoms with van der Waals surface area (Å²) < 4.78 is 54.6. The van der Waals surface area contributed by atoms with Crippen molar-refractivity contribution in [2.24, 2.45) is 0 Å². The molecule has 0 N–H and O–H groups in total. The van der Waals surface area contributed by atoms with Gasteiger partial charge < -0.3 is 4.90 Å². The maximum Gasteiger partial charge on any atom is 0.416 e. The molecule has 0 heterocycles. The first kappa shape index (κ1) is 25.5. The van der Waals surface area contributed by atoms with Crippen LogP contribution in [0.1, 0.15) is 51.9 Å². The van der Waals surface area contributed by atoms with Crippen molar-refractivity contribution in [3.8, 4) is 0 Å². The monoisotopic (exact) mass is 523 g/mol. The highest BCUT2D eigenvalue weighted by atomic mass is 35.5. The molecule has 0 spiro atoms. The number of halogens is 6. The lowest BCUT2D eigenvalue weighted by Crippen LogP contribution is -2.33. The highest BCUT2D eigenvalue weighted by Gasteiger charge is 2.38. The molecule has 184 valence electrons. The third kappa shape index (κ3) is 6.17. The van der Waals surface area contributed by atoms with Gasteiger partial charge in [-0.2, -0.15) is 13.2 Å². The van der Waals surface area contributed by atoms with Gasteiger partial charge in [0.1, 0.15) is 5.67 Å². The lowest BCUT2D eigenvalue weighted by atomic mass is 9.77. The van der Waals surface area contributed by atoms with Crippen molar-refractivity contribution < 1.29 is 22.4 Å². The molecule has 3 aromatic rings. The quantitative estimate of drug-likeness (QED) is 0.285. The van der Waals surface area contributed by atoms with E-state index in [1.807, 2.05) is 12.1 Å². The van der Waals surface area contributed by atoms with Gasteiger partial charge in [0.25, 0.3) is 5.91 Å². The molecule has 0 aliphatic heterocycles. The second-order valence-electron chi connectivity index (χ2n) is 8.85. The maximum atomic E-state index is 14.7. The molecule has 1 aliphatic carbocycles. The van der Waals surface area contributed by atoms with Gasteiger partial charge in [-0.3, -0.25) is 4.79 Å². The molecule has 0 bridgehead atoms. The SMILES string of the molecule is O=C(c1cc(Cl)cc(C(F)(F)F)c1)N(CCc1ccc(Cl)cc1)Cc1ccc(C2(F)CCC2)cc1. The van der Waals surface area contributed by atoms with Crippen LogP contribution in [-0.2, 0) is 24.8 Å². The first-order chi connectivity index (χ1) is 16.5. The minimum atomic E-state index is -4.63. The summed E-state index contributed by atoms with van der Waals surface area (Å²) in [5.74, 6) is -0.572. The van der Waals surface area contributed by atoms with Crippen LogP contribution in [0.15, 0.2) is 66.7 Å². The van der Waals surface area contributed by atoms with E-state index >= 15 is 0 Å². The molecule has 4 rings (SSSR count). The number of benzene rings is 3. The summed E-state index contributed by atoms with van der Waals surface area (Å²) in [7, 11) is 0. The van der Waals surface area contributed by atoms with Crippen molar-refractivity contribution in [1.82, 2.24) is 4.90 Å². The number of nitrogens with zero attached hydrogens (tertiary/aromatic N) is 1. The third-order valence-electron chi connectivity index (χ3n) is 6.33. The molecule has 0 atom stereocenters. The van der Waals surface area contributed by atoms with E-state index in [-0.39, 0.29) is 23.7 Å². The van der Waals surface area contributed by atoms with E-state index in [1.54, 1.807) is 36.4 Å². The molecule has 1 saturated carbocycles. The number of carbonyl (C=O) groups excluding carboxylic acids is 1. The Morgan fingerprint density at radius 3 is 2.09 bits per heavy atom. The van der Waals surface area contributed by atoms with Gasteiger partial charge in [-0.25, -0.2) is 4.39 Å². The summed E-state index contributed by atoms with van der Waals surface area (Å²) in [6.45, 7) is 0.406. The van der Waals surface area contributed by atoms with Gasteiger partial charge in [0, 0.05) is 28.7 Å². The minimum Gasteiger partial charge on any atom is -0.334 e. The van der Waals surface area contributed by atoms with Crippen LogP contribution in [0.5, 0.6) is 0 Å². The lowest BCUT2D eigenvalue weighted by molar-refractivity contribution is -0.137. The summed E-state index contributed by atoms with van der Waals surface area (Å²) in [5.41, 5.74) is -0.138. The zero-order valence-electron chi connectivity index (χ0n) is 18.7. The topological polar surface area (TPSA) is 20.3 Å². The van der Waals surface area contributed by atoms with Crippen LogP contribution in [0.3, 0.4) is 0 Å². The summed E-state index contributed by atoms with van der Waals surface area (Å²) in [6, 6.07) is 16.9. The zero-order valence-corrected chi connectivity index (χ0v) is 20.2. The standard InChI is InChI=1S/C27H23Cl2F4NO/c28-23-8-4-18(5-9-23)10-13-34(17-19-2-6-21(7-3-19)26(30)11-1-12-26)25(35)20-14-22(27(31,32)33)16-24(29)15-20/h2-9,14-16H,1,10-13,17H2. The average Bonchev–Trinajstić information content (AvgIpc) is 2.80. The molecule has 1 amide bonds. The van der Waals surface area contributed by atoms with Crippen molar-refractivity contribution >= 4 is 29.1 Å². The molecule has 3 aromatic carbocycles. The molecular formula is C27H23Cl2F4NO. The van der Waals surface area contributed by atoms with Crippen LogP contribution in [0, 0.1) is 0 Å². The predicted octanol–water partition coefficient (Wildman–Crippen LogP) is 8.25. The summed E-state index contributed by atoms with van der Waals surface area (Å²) >= 11 is 11.9. The Morgan fingerprint density at radius 1 is 0.886 bits per heavy atom. The van der Waals surface area contributed by atoms with E-state index in [9.17, 15) is 22.4 Å². The Hall–Kier alpha value is -2.57. The Balaban J connectivity index is 1.59. The molecule has 0 aromatic heterocycles. The highest BCUT2D eigenvalue weighted by Crippen LogP contribution is 2.45. The van der Waals surface area contributed by atoms with Crippen molar-refractivity contribution in [2.75, 3.05) is 6.54 Å².